The first-order chi connectivity index (χ1) is 18.3. The second-order valence-corrected chi connectivity index (χ2v) is 10.3. The van der Waals surface area contributed by atoms with Crippen LogP contribution in [0, 0.1) is 19.8 Å². The van der Waals surface area contributed by atoms with Gasteiger partial charge in [-0.25, -0.2) is 0 Å². The Kier molecular flexibility index (Phi) is 7.00. The number of thiophene rings is 1. The second kappa shape index (κ2) is 10.4. The van der Waals surface area contributed by atoms with Crippen molar-refractivity contribution >= 4 is 28.7 Å². The molecule has 10 heteroatoms. The number of rotatable bonds is 8. The summed E-state index contributed by atoms with van der Waals surface area (Å²) < 4.78 is 7.20. The van der Waals surface area contributed by atoms with Gasteiger partial charge in [0.1, 0.15) is 22.6 Å². The van der Waals surface area contributed by atoms with Crippen LogP contribution in [0.5, 0.6) is 5.75 Å². The first-order valence-electron chi connectivity index (χ1n) is 12.3. The van der Waals surface area contributed by atoms with Gasteiger partial charge in [0.05, 0.1) is 25.3 Å². The van der Waals surface area contributed by atoms with Gasteiger partial charge in [0, 0.05) is 28.2 Å². The zero-order valence-corrected chi connectivity index (χ0v) is 22.4. The molecule has 196 valence electrons. The van der Waals surface area contributed by atoms with Gasteiger partial charge < -0.3 is 20.3 Å². The first-order valence-corrected chi connectivity index (χ1v) is 13.1. The first kappa shape index (κ1) is 25.6. The van der Waals surface area contributed by atoms with E-state index in [-0.39, 0.29) is 6.61 Å². The molecule has 0 amide bonds. The van der Waals surface area contributed by atoms with Crippen molar-refractivity contribution in [2.45, 2.75) is 40.0 Å². The summed E-state index contributed by atoms with van der Waals surface area (Å²) in [5.41, 5.74) is 5.33. The molecule has 38 heavy (non-hydrogen) atoms. The molecule has 1 aliphatic rings. The highest BCUT2D eigenvalue weighted by molar-refractivity contribution is 7.15. The highest BCUT2D eigenvalue weighted by atomic mass is 32.1. The number of hydrogen-bond acceptors (Lipinski definition) is 8. The van der Waals surface area contributed by atoms with Gasteiger partial charge in [-0.2, -0.15) is 0 Å². The normalized spacial score (nSPS) is 15.2. The van der Waals surface area contributed by atoms with Crippen molar-refractivity contribution in [1.29, 1.82) is 0 Å². The summed E-state index contributed by atoms with van der Waals surface area (Å²) in [6.07, 6.45) is 0. The number of anilines is 1. The Balaban J connectivity index is 1.55. The minimum atomic E-state index is -0.958. The van der Waals surface area contributed by atoms with Crippen molar-refractivity contribution in [3.05, 3.63) is 87.3 Å². The number of benzene rings is 2. The maximum absolute atomic E-state index is 12.0. The molecule has 0 bridgehead atoms. The summed E-state index contributed by atoms with van der Waals surface area (Å²) in [6, 6.07) is 15.1. The van der Waals surface area contributed by atoms with Crippen LogP contribution in [-0.4, -0.2) is 43.8 Å². The molecule has 0 spiro atoms. The van der Waals surface area contributed by atoms with E-state index in [1.165, 1.54) is 11.3 Å². The third-order valence-electron chi connectivity index (χ3n) is 6.85. The maximum Gasteiger partial charge on any atom is 0.308 e. The summed E-state index contributed by atoms with van der Waals surface area (Å²) in [6.45, 7) is 5.97. The van der Waals surface area contributed by atoms with Crippen LogP contribution in [0.15, 0.2) is 53.5 Å². The molecule has 3 heterocycles. The third kappa shape index (κ3) is 4.57. The highest BCUT2D eigenvalue weighted by Crippen LogP contribution is 2.41. The number of hydrogen-bond donors (Lipinski definition) is 3. The van der Waals surface area contributed by atoms with Crippen molar-refractivity contribution in [3.8, 4) is 10.8 Å². The van der Waals surface area contributed by atoms with Gasteiger partial charge in [0.2, 0.25) is 0 Å². The number of nitrogens with zero attached hydrogens (tertiary/aromatic N) is 4. The van der Waals surface area contributed by atoms with E-state index < -0.39 is 17.9 Å². The number of carboxylic acid groups (broad SMARTS) is 1. The predicted molar refractivity (Wildman–Crippen MR) is 147 cm³/mol. The second-order valence-electron chi connectivity index (χ2n) is 9.26. The number of fused-ring (bicyclic) bond motifs is 3. The molecule has 0 saturated heterocycles. The Bertz CT molecular complexity index is 1520. The minimum absolute atomic E-state index is 0.102. The third-order valence-corrected chi connectivity index (χ3v) is 8.11. The number of aliphatic hydroxyl groups is 1. The van der Waals surface area contributed by atoms with Gasteiger partial charge in [0.25, 0.3) is 0 Å². The highest BCUT2D eigenvalue weighted by Gasteiger charge is 2.36. The van der Waals surface area contributed by atoms with E-state index in [0.29, 0.717) is 23.9 Å². The minimum Gasteiger partial charge on any atom is -0.497 e. The largest absolute Gasteiger partial charge is 0.497 e. The lowest BCUT2D eigenvalue weighted by Gasteiger charge is -2.16. The SMILES string of the molecule is COc1cccc(CNc2ccc(C3=NC([C@H](C)C(=O)O)c4nnc(C)n4-c4sc(CO)c(C)c43)cc2)c1. The Morgan fingerprint density at radius 3 is 2.63 bits per heavy atom. The molecular formula is C28H29N5O4S. The van der Waals surface area contributed by atoms with Crippen molar-refractivity contribution in [2.24, 2.45) is 10.9 Å². The predicted octanol–water partition coefficient (Wildman–Crippen LogP) is 4.67. The molecule has 2 atom stereocenters. The Labute approximate surface area is 224 Å². The van der Waals surface area contributed by atoms with E-state index in [2.05, 4.69) is 15.5 Å². The van der Waals surface area contributed by atoms with Crippen LogP contribution in [0.1, 0.15) is 51.7 Å². The number of aliphatic carboxylic acids is 1. The lowest BCUT2D eigenvalue weighted by Crippen LogP contribution is -2.21. The van der Waals surface area contributed by atoms with Crippen LogP contribution in [0.2, 0.25) is 0 Å². The number of aromatic nitrogens is 3. The standard InChI is InChI=1S/C28H29N5O4S/c1-15-22(14-34)38-27-23(15)25(30-24(16(2)28(35)36)26-32-31-17(3)33(26)27)19-8-10-20(11-9-19)29-13-18-6-5-7-21(12-18)37-4/h5-12,16,24,29,34H,13-14H2,1-4H3,(H,35,36)/t16-,24?/m0/s1. The van der Waals surface area contributed by atoms with Gasteiger partial charge in [-0.15, -0.1) is 21.5 Å². The number of ether oxygens (including phenoxy) is 1. The molecule has 2 aromatic heterocycles. The van der Waals surface area contributed by atoms with Gasteiger partial charge >= 0.3 is 5.97 Å². The number of aliphatic imine (C=N–C) groups is 1. The lowest BCUT2D eigenvalue weighted by atomic mass is 9.98. The van der Waals surface area contributed by atoms with E-state index in [0.717, 1.165) is 43.6 Å². The molecule has 0 radical (unpaired) electrons. The van der Waals surface area contributed by atoms with Crippen LogP contribution < -0.4 is 10.1 Å². The van der Waals surface area contributed by atoms with Gasteiger partial charge in [0.15, 0.2) is 5.82 Å². The van der Waals surface area contributed by atoms with E-state index in [4.69, 9.17) is 9.73 Å². The molecule has 0 aliphatic carbocycles. The molecule has 9 nitrogen and oxygen atoms in total. The molecular weight excluding hydrogens is 502 g/mol. The smallest absolute Gasteiger partial charge is 0.308 e. The van der Waals surface area contributed by atoms with Crippen molar-refractivity contribution in [1.82, 2.24) is 14.8 Å². The average Bonchev–Trinajstić information content (AvgIpc) is 3.42. The van der Waals surface area contributed by atoms with Crippen LogP contribution >= 0.6 is 11.3 Å². The summed E-state index contributed by atoms with van der Waals surface area (Å²) in [5, 5.41) is 32.8. The number of carboxylic acids is 1. The monoisotopic (exact) mass is 531 g/mol. The number of carbonyl (C=O) groups is 1. The zero-order chi connectivity index (χ0) is 27.0. The zero-order valence-electron chi connectivity index (χ0n) is 21.6. The summed E-state index contributed by atoms with van der Waals surface area (Å²) >= 11 is 1.45. The maximum atomic E-state index is 12.0. The van der Waals surface area contributed by atoms with Gasteiger partial charge in [-0.3, -0.25) is 14.4 Å². The Hall–Kier alpha value is -4.02. The van der Waals surface area contributed by atoms with Crippen LogP contribution in [0.3, 0.4) is 0 Å². The molecule has 4 aromatic rings. The molecule has 5 rings (SSSR count). The summed E-state index contributed by atoms with van der Waals surface area (Å²) in [7, 11) is 1.65. The van der Waals surface area contributed by atoms with E-state index >= 15 is 0 Å². The molecule has 0 saturated carbocycles. The quantitative estimate of drug-likeness (QED) is 0.302. The fourth-order valence-electron chi connectivity index (χ4n) is 4.64. The number of nitrogens with one attached hydrogen (secondary N) is 1. The van der Waals surface area contributed by atoms with Crippen LogP contribution in [0.25, 0.3) is 5.00 Å². The van der Waals surface area contributed by atoms with Crippen LogP contribution in [0.4, 0.5) is 5.69 Å². The van der Waals surface area contributed by atoms with E-state index in [9.17, 15) is 15.0 Å². The average molecular weight is 532 g/mol. The van der Waals surface area contributed by atoms with Crippen molar-refractivity contribution < 1.29 is 19.7 Å². The molecule has 0 fully saturated rings. The number of methoxy groups -OCH3 is 1. The molecule has 3 N–H and O–H groups in total. The number of aryl methyl sites for hydroxylation is 1. The van der Waals surface area contributed by atoms with E-state index in [1.54, 1.807) is 14.0 Å². The Morgan fingerprint density at radius 1 is 1.18 bits per heavy atom. The van der Waals surface area contributed by atoms with Crippen molar-refractivity contribution in [3.63, 3.8) is 0 Å². The van der Waals surface area contributed by atoms with Crippen LogP contribution in [-0.2, 0) is 17.9 Å². The van der Waals surface area contributed by atoms with Gasteiger partial charge in [-0.05, 0) is 56.2 Å². The molecule has 1 unspecified atom stereocenters. The van der Waals surface area contributed by atoms with Gasteiger partial charge in [-0.1, -0.05) is 24.3 Å². The summed E-state index contributed by atoms with van der Waals surface area (Å²) in [4.78, 5) is 17.9. The topological polar surface area (TPSA) is 122 Å². The summed E-state index contributed by atoms with van der Waals surface area (Å²) in [5.74, 6) is 0.160. The Morgan fingerprint density at radius 2 is 1.95 bits per heavy atom. The fraction of sp³-hybridized carbons (Fsp3) is 0.286. The van der Waals surface area contributed by atoms with E-state index in [1.807, 2.05) is 66.9 Å². The van der Waals surface area contributed by atoms with Crippen molar-refractivity contribution in [2.75, 3.05) is 12.4 Å². The fourth-order valence-corrected chi connectivity index (χ4v) is 5.86. The molecule has 2 aromatic carbocycles. The molecule has 1 aliphatic heterocycles. The lowest BCUT2D eigenvalue weighted by molar-refractivity contribution is -0.141. The number of aliphatic hydroxyl groups excluding tert-OH is 1.